The number of piperidine rings is 1. The SMILES string of the molecule is CC1CC(CN)CN1C(C)C(=O)N1CCCCC1.Cl. The van der Waals surface area contributed by atoms with E-state index in [0.717, 1.165) is 32.6 Å². The largest absolute Gasteiger partial charge is 0.341 e. The first-order valence-electron chi connectivity index (χ1n) is 7.38. The van der Waals surface area contributed by atoms with E-state index in [1.807, 2.05) is 0 Å². The van der Waals surface area contributed by atoms with E-state index in [0.29, 0.717) is 17.9 Å². The number of rotatable bonds is 3. The summed E-state index contributed by atoms with van der Waals surface area (Å²) in [4.78, 5) is 16.9. The van der Waals surface area contributed by atoms with Crippen LogP contribution in [0.1, 0.15) is 39.5 Å². The molecule has 0 spiro atoms. The molecule has 1 amide bonds. The molecule has 0 aromatic heterocycles. The van der Waals surface area contributed by atoms with Crippen LogP contribution in [0.4, 0.5) is 0 Å². The van der Waals surface area contributed by atoms with Crippen LogP contribution in [0.15, 0.2) is 0 Å². The van der Waals surface area contributed by atoms with Crippen LogP contribution in [0.3, 0.4) is 0 Å². The van der Waals surface area contributed by atoms with Crippen LogP contribution in [0.25, 0.3) is 0 Å². The van der Waals surface area contributed by atoms with Crippen LogP contribution in [0, 0.1) is 5.92 Å². The minimum Gasteiger partial charge on any atom is -0.341 e. The summed E-state index contributed by atoms with van der Waals surface area (Å²) in [6, 6.07) is 0.511. The van der Waals surface area contributed by atoms with Gasteiger partial charge in [0.2, 0.25) is 5.91 Å². The molecule has 0 aromatic carbocycles. The molecule has 3 atom stereocenters. The summed E-state index contributed by atoms with van der Waals surface area (Å²) in [5, 5.41) is 0. The van der Waals surface area contributed by atoms with E-state index in [1.54, 1.807) is 0 Å². The summed E-state index contributed by atoms with van der Waals surface area (Å²) in [6.07, 6.45) is 4.74. The van der Waals surface area contributed by atoms with Gasteiger partial charge in [0.05, 0.1) is 6.04 Å². The van der Waals surface area contributed by atoms with Gasteiger partial charge in [0.1, 0.15) is 0 Å². The van der Waals surface area contributed by atoms with E-state index < -0.39 is 0 Å². The lowest BCUT2D eigenvalue weighted by Gasteiger charge is -2.34. The smallest absolute Gasteiger partial charge is 0.239 e. The molecule has 5 heteroatoms. The molecule has 2 fully saturated rings. The highest BCUT2D eigenvalue weighted by atomic mass is 35.5. The summed E-state index contributed by atoms with van der Waals surface area (Å²) >= 11 is 0. The second-order valence-electron chi connectivity index (χ2n) is 5.95. The van der Waals surface area contributed by atoms with Crippen LogP contribution < -0.4 is 5.73 Å². The Morgan fingerprint density at radius 3 is 2.47 bits per heavy atom. The maximum Gasteiger partial charge on any atom is 0.239 e. The number of carbonyl (C=O) groups is 1. The van der Waals surface area contributed by atoms with Gasteiger partial charge in [0, 0.05) is 25.7 Å². The van der Waals surface area contributed by atoms with Gasteiger partial charge < -0.3 is 10.6 Å². The molecule has 2 rings (SSSR count). The molecule has 112 valence electrons. The lowest BCUT2D eigenvalue weighted by atomic mass is 10.1. The summed E-state index contributed by atoms with van der Waals surface area (Å²) in [7, 11) is 0. The highest BCUT2D eigenvalue weighted by Gasteiger charge is 2.35. The zero-order chi connectivity index (χ0) is 13.1. The average Bonchev–Trinajstić information content (AvgIpc) is 2.79. The van der Waals surface area contributed by atoms with Crippen LogP contribution in [-0.2, 0) is 4.79 Å². The van der Waals surface area contributed by atoms with E-state index in [1.165, 1.54) is 19.3 Å². The van der Waals surface area contributed by atoms with Crippen LogP contribution >= 0.6 is 12.4 Å². The Labute approximate surface area is 123 Å². The first-order valence-corrected chi connectivity index (χ1v) is 7.38. The number of nitrogens with two attached hydrogens (primary N) is 1. The van der Waals surface area contributed by atoms with Crippen molar-refractivity contribution < 1.29 is 4.79 Å². The zero-order valence-corrected chi connectivity index (χ0v) is 13.0. The van der Waals surface area contributed by atoms with Crippen molar-refractivity contribution in [2.45, 2.75) is 51.6 Å². The molecule has 3 unspecified atom stereocenters. The van der Waals surface area contributed by atoms with Crippen molar-refractivity contribution in [1.29, 1.82) is 0 Å². The summed E-state index contributed by atoms with van der Waals surface area (Å²) in [5.41, 5.74) is 5.76. The third-order valence-corrected chi connectivity index (χ3v) is 4.57. The van der Waals surface area contributed by atoms with Crippen molar-refractivity contribution in [2.24, 2.45) is 11.7 Å². The Balaban J connectivity index is 0.00000180. The topological polar surface area (TPSA) is 49.6 Å². The molecule has 2 aliphatic rings. The Morgan fingerprint density at radius 1 is 1.32 bits per heavy atom. The minimum atomic E-state index is 0. The number of nitrogens with zero attached hydrogens (tertiary/aromatic N) is 2. The molecule has 0 bridgehead atoms. The number of carbonyl (C=O) groups excluding carboxylic acids is 1. The maximum atomic E-state index is 12.5. The first kappa shape index (κ1) is 16.7. The molecule has 2 heterocycles. The van der Waals surface area contributed by atoms with E-state index in [2.05, 4.69) is 23.6 Å². The minimum absolute atomic E-state index is 0. The molecule has 4 nitrogen and oxygen atoms in total. The van der Waals surface area contributed by atoms with Gasteiger partial charge in [-0.25, -0.2) is 0 Å². The molecule has 0 radical (unpaired) electrons. The zero-order valence-electron chi connectivity index (χ0n) is 12.2. The van der Waals surface area contributed by atoms with Crippen molar-refractivity contribution in [1.82, 2.24) is 9.80 Å². The molecule has 2 N–H and O–H groups in total. The number of halogens is 1. The van der Waals surface area contributed by atoms with Crippen molar-refractivity contribution >= 4 is 18.3 Å². The van der Waals surface area contributed by atoms with E-state index >= 15 is 0 Å². The van der Waals surface area contributed by atoms with E-state index in [4.69, 9.17) is 5.73 Å². The fraction of sp³-hybridized carbons (Fsp3) is 0.929. The highest BCUT2D eigenvalue weighted by Crippen LogP contribution is 2.25. The normalized spacial score (nSPS) is 29.9. The molecular formula is C14H28ClN3O. The van der Waals surface area contributed by atoms with Crippen LogP contribution in [0.5, 0.6) is 0 Å². The average molecular weight is 290 g/mol. The van der Waals surface area contributed by atoms with Gasteiger partial charge in [-0.2, -0.15) is 0 Å². The van der Waals surface area contributed by atoms with Gasteiger partial charge in [-0.3, -0.25) is 9.69 Å². The fourth-order valence-corrected chi connectivity index (χ4v) is 3.40. The number of hydrogen-bond donors (Lipinski definition) is 1. The number of amides is 1. The number of hydrogen-bond acceptors (Lipinski definition) is 3. The summed E-state index contributed by atoms with van der Waals surface area (Å²) in [5.74, 6) is 0.885. The third kappa shape index (κ3) is 3.83. The molecule has 2 aliphatic heterocycles. The lowest BCUT2D eigenvalue weighted by Crippen LogP contribution is -2.49. The molecule has 0 saturated carbocycles. The molecule has 2 saturated heterocycles. The predicted octanol–water partition coefficient (Wildman–Crippen LogP) is 1.48. The van der Waals surface area contributed by atoms with Gasteiger partial charge in [0.25, 0.3) is 0 Å². The van der Waals surface area contributed by atoms with Crippen LogP contribution in [-0.4, -0.2) is 54.0 Å². The van der Waals surface area contributed by atoms with E-state index in [-0.39, 0.29) is 18.4 Å². The van der Waals surface area contributed by atoms with Crippen LogP contribution in [0.2, 0.25) is 0 Å². The predicted molar refractivity (Wildman–Crippen MR) is 80.5 cm³/mol. The second kappa shape index (κ2) is 7.46. The van der Waals surface area contributed by atoms with Crippen molar-refractivity contribution in [2.75, 3.05) is 26.2 Å². The Hall–Kier alpha value is -0.320. The van der Waals surface area contributed by atoms with Crippen molar-refractivity contribution in [3.8, 4) is 0 Å². The van der Waals surface area contributed by atoms with Gasteiger partial charge in [-0.15, -0.1) is 12.4 Å². The van der Waals surface area contributed by atoms with Crippen molar-refractivity contribution in [3.05, 3.63) is 0 Å². The van der Waals surface area contributed by atoms with Gasteiger partial charge in [0.15, 0.2) is 0 Å². The lowest BCUT2D eigenvalue weighted by molar-refractivity contribution is -0.137. The number of likely N-dealkylation sites (tertiary alicyclic amines) is 2. The summed E-state index contributed by atoms with van der Waals surface area (Å²) in [6.45, 7) is 7.91. The van der Waals surface area contributed by atoms with Gasteiger partial charge in [-0.05, 0) is 52.0 Å². The second-order valence-corrected chi connectivity index (χ2v) is 5.95. The standard InChI is InChI=1S/C14H27N3O.ClH/c1-11-8-13(9-15)10-17(11)12(2)14(18)16-6-4-3-5-7-16;/h11-13H,3-10,15H2,1-2H3;1H. The first-order chi connectivity index (χ1) is 8.63. The molecule has 19 heavy (non-hydrogen) atoms. The third-order valence-electron chi connectivity index (χ3n) is 4.57. The maximum absolute atomic E-state index is 12.5. The molecule has 0 aromatic rings. The fourth-order valence-electron chi connectivity index (χ4n) is 3.40. The molecule has 0 aliphatic carbocycles. The Kier molecular flexibility index (Phi) is 6.57. The summed E-state index contributed by atoms with van der Waals surface area (Å²) < 4.78 is 0. The monoisotopic (exact) mass is 289 g/mol. The Bertz CT molecular complexity index is 294. The van der Waals surface area contributed by atoms with Gasteiger partial charge in [-0.1, -0.05) is 0 Å². The van der Waals surface area contributed by atoms with Gasteiger partial charge >= 0.3 is 0 Å². The van der Waals surface area contributed by atoms with E-state index in [9.17, 15) is 4.79 Å². The quantitative estimate of drug-likeness (QED) is 0.856. The Morgan fingerprint density at radius 2 is 1.95 bits per heavy atom. The molecular weight excluding hydrogens is 262 g/mol. The van der Waals surface area contributed by atoms with Crippen molar-refractivity contribution in [3.63, 3.8) is 0 Å². The highest BCUT2D eigenvalue weighted by molar-refractivity contribution is 5.85.